The first-order chi connectivity index (χ1) is 14.5. The van der Waals surface area contributed by atoms with Crippen molar-refractivity contribution in [3.05, 3.63) is 83.4 Å². The lowest BCUT2D eigenvalue weighted by atomic mass is 10.1. The first-order valence-electron chi connectivity index (χ1n) is 9.58. The summed E-state index contributed by atoms with van der Waals surface area (Å²) in [5.74, 6) is 1.55. The summed E-state index contributed by atoms with van der Waals surface area (Å²) in [4.78, 5) is 8.61. The van der Waals surface area contributed by atoms with Gasteiger partial charge in [-0.2, -0.15) is 8.78 Å². The molecule has 31 heavy (non-hydrogen) atoms. The Bertz CT molecular complexity index is 979. The number of imidazole rings is 1. The van der Waals surface area contributed by atoms with Crippen molar-refractivity contribution in [3.63, 3.8) is 0 Å². The number of hydrogen-bond acceptors (Lipinski definition) is 3. The Morgan fingerprint density at radius 1 is 1.13 bits per heavy atom. The van der Waals surface area contributed by atoms with Gasteiger partial charge in [-0.15, -0.1) is 24.0 Å². The maximum atomic E-state index is 12.7. The van der Waals surface area contributed by atoms with E-state index in [-0.39, 0.29) is 29.7 Å². The van der Waals surface area contributed by atoms with E-state index >= 15 is 0 Å². The highest BCUT2D eigenvalue weighted by molar-refractivity contribution is 14.0. The molecule has 2 N–H and O–H groups in total. The van der Waals surface area contributed by atoms with Crippen LogP contribution in [0.4, 0.5) is 8.78 Å². The van der Waals surface area contributed by atoms with Gasteiger partial charge in [0.25, 0.3) is 0 Å². The zero-order chi connectivity index (χ0) is 21.3. The van der Waals surface area contributed by atoms with E-state index in [2.05, 4.69) is 42.0 Å². The number of aromatic nitrogens is 2. The van der Waals surface area contributed by atoms with E-state index in [0.717, 1.165) is 17.9 Å². The van der Waals surface area contributed by atoms with E-state index in [9.17, 15) is 8.78 Å². The Hall–Kier alpha value is -2.69. The van der Waals surface area contributed by atoms with Crippen LogP contribution in [0.1, 0.15) is 22.5 Å². The van der Waals surface area contributed by atoms with Crippen molar-refractivity contribution in [1.82, 2.24) is 20.2 Å². The lowest BCUT2D eigenvalue weighted by molar-refractivity contribution is -0.0504. The van der Waals surface area contributed by atoms with Crippen LogP contribution in [0.25, 0.3) is 0 Å². The second-order valence-corrected chi connectivity index (χ2v) is 6.73. The molecule has 0 saturated heterocycles. The molecule has 0 amide bonds. The smallest absolute Gasteiger partial charge is 0.387 e. The molecule has 0 saturated carbocycles. The molecule has 0 fully saturated rings. The maximum Gasteiger partial charge on any atom is 0.387 e. The van der Waals surface area contributed by atoms with Crippen LogP contribution in [0.3, 0.4) is 0 Å². The highest BCUT2D eigenvalue weighted by Crippen LogP contribution is 2.22. The van der Waals surface area contributed by atoms with Gasteiger partial charge in [0.05, 0.1) is 6.54 Å². The number of aliphatic imine (C=N–C) groups is 1. The van der Waals surface area contributed by atoms with E-state index in [1.54, 1.807) is 25.4 Å². The number of nitrogens with one attached hydrogen (secondary N) is 2. The minimum atomic E-state index is -2.87. The predicted octanol–water partition coefficient (Wildman–Crippen LogP) is 4.32. The predicted molar refractivity (Wildman–Crippen MR) is 128 cm³/mol. The first-order valence-corrected chi connectivity index (χ1v) is 9.58. The molecule has 6 nitrogen and oxygen atoms in total. The molecule has 0 aliphatic heterocycles. The van der Waals surface area contributed by atoms with Gasteiger partial charge in [0, 0.05) is 38.1 Å². The lowest BCUT2D eigenvalue weighted by Gasteiger charge is -2.15. The number of rotatable bonds is 8. The zero-order valence-electron chi connectivity index (χ0n) is 17.4. The number of nitrogens with zero attached hydrogens (tertiary/aromatic N) is 3. The fraction of sp³-hybridized carbons (Fsp3) is 0.273. The summed E-state index contributed by atoms with van der Waals surface area (Å²) in [6.07, 6.45) is 3.69. The molecule has 0 atom stereocenters. The van der Waals surface area contributed by atoms with Crippen LogP contribution in [-0.2, 0) is 19.6 Å². The third-order valence-corrected chi connectivity index (χ3v) is 4.51. The average molecular weight is 541 g/mol. The Labute approximate surface area is 197 Å². The standard InChI is InChI=1S/C22H25F2N5O.HI/c1-16-8-9-19(30-21(23)24)18(12-16)13-27-22(25-2)28-14-20-26-10-11-29(20)15-17-6-4-3-5-7-17;/h3-12,21H,13-15H2,1-2H3,(H2,25,27,28);1H. The Morgan fingerprint density at radius 2 is 1.87 bits per heavy atom. The second-order valence-electron chi connectivity index (χ2n) is 6.73. The van der Waals surface area contributed by atoms with E-state index in [4.69, 9.17) is 0 Å². The van der Waals surface area contributed by atoms with Crippen LogP contribution in [0.2, 0.25) is 0 Å². The molecule has 0 bridgehead atoms. The molecule has 0 aliphatic rings. The zero-order valence-corrected chi connectivity index (χ0v) is 19.7. The molecule has 1 aromatic heterocycles. The van der Waals surface area contributed by atoms with Crippen molar-refractivity contribution < 1.29 is 13.5 Å². The Kier molecular flexibility index (Phi) is 9.70. The van der Waals surface area contributed by atoms with Crippen molar-refractivity contribution >= 4 is 29.9 Å². The summed E-state index contributed by atoms with van der Waals surface area (Å²) in [5.41, 5.74) is 2.77. The Morgan fingerprint density at radius 3 is 2.58 bits per heavy atom. The minimum absolute atomic E-state index is 0. The van der Waals surface area contributed by atoms with Crippen LogP contribution in [-0.4, -0.2) is 29.2 Å². The van der Waals surface area contributed by atoms with E-state index in [1.165, 1.54) is 5.56 Å². The number of aryl methyl sites for hydroxylation is 1. The molecular weight excluding hydrogens is 515 g/mol. The summed E-state index contributed by atoms with van der Waals surface area (Å²) in [6, 6.07) is 15.2. The molecule has 3 aromatic rings. The number of guanidine groups is 1. The van der Waals surface area contributed by atoms with Crippen molar-refractivity contribution in [2.45, 2.75) is 33.2 Å². The van der Waals surface area contributed by atoms with Gasteiger partial charge in [-0.3, -0.25) is 4.99 Å². The number of ether oxygens (including phenoxy) is 1. The molecule has 2 aromatic carbocycles. The topological polar surface area (TPSA) is 63.5 Å². The van der Waals surface area contributed by atoms with E-state index in [1.807, 2.05) is 37.4 Å². The monoisotopic (exact) mass is 541 g/mol. The minimum Gasteiger partial charge on any atom is -0.434 e. The molecular formula is C22H26F2IN5O. The van der Waals surface area contributed by atoms with Crippen molar-refractivity contribution in [1.29, 1.82) is 0 Å². The highest BCUT2D eigenvalue weighted by Gasteiger charge is 2.11. The number of hydrogen-bond donors (Lipinski definition) is 2. The van der Waals surface area contributed by atoms with Crippen molar-refractivity contribution in [2.24, 2.45) is 4.99 Å². The molecule has 0 unspecified atom stereocenters. The van der Waals surface area contributed by atoms with Crippen LogP contribution < -0.4 is 15.4 Å². The van der Waals surface area contributed by atoms with E-state index in [0.29, 0.717) is 24.6 Å². The molecule has 166 valence electrons. The van der Waals surface area contributed by atoms with Gasteiger partial charge in [0.1, 0.15) is 11.6 Å². The van der Waals surface area contributed by atoms with Crippen LogP contribution in [0.5, 0.6) is 5.75 Å². The quantitative estimate of drug-likeness (QED) is 0.253. The molecule has 3 rings (SSSR count). The number of benzene rings is 2. The van der Waals surface area contributed by atoms with Gasteiger partial charge in [-0.25, -0.2) is 4.98 Å². The Balaban J connectivity index is 0.00000341. The normalized spacial score (nSPS) is 11.2. The van der Waals surface area contributed by atoms with Gasteiger partial charge in [-0.05, 0) is 18.6 Å². The van der Waals surface area contributed by atoms with Gasteiger partial charge in [0.2, 0.25) is 0 Å². The summed E-state index contributed by atoms with van der Waals surface area (Å²) < 4.78 is 32.0. The third kappa shape index (κ3) is 7.50. The van der Waals surface area contributed by atoms with Gasteiger partial charge in [-0.1, -0.05) is 48.0 Å². The molecule has 0 aliphatic carbocycles. The largest absolute Gasteiger partial charge is 0.434 e. The van der Waals surface area contributed by atoms with Gasteiger partial charge >= 0.3 is 6.61 Å². The van der Waals surface area contributed by atoms with Crippen LogP contribution in [0, 0.1) is 6.92 Å². The molecule has 1 heterocycles. The molecule has 0 spiro atoms. The number of halogens is 3. The molecule has 9 heteroatoms. The van der Waals surface area contributed by atoms with Gasteiger partial charge in [0.15, 0.2) is 5.96 Å². The summed E-state index contributed by atoms with van der Waals surface area (Å²) in [5, 5.41) is 6.34. The maximum absolute atomic E-state index is 12.7. The fourth-order valence-corrected chi connectivity index (χ4v) is 3.05. The lowest BCUT2D eigenvalue weighted by Crippen LogP contribution is -2.37. The van der Waals surface area contributed by atoms with Gasteiger partial charge < -0.3 is 19.9 Å². The van der Waals surface area contributed by atoms with E-state index < -0.39 is 6.61 Å². The summed E-state index contributed by atoms with van der Waals surface area (Å²) >= 11 is 0. The average Bonchev–Trinajstić information content (AvgIpc) is 3.17. The molecule has 0 radical (unpaired) electrons. The first kappa shape index (κ1) is 24.6. The second kappa shape index (κ2) is 12.2. The van der Waals surface area contributed by atoms with Crippen LogP contribution >= 0.6 is 24.0 Å². The third-order valence-electron chi connectivity index (χ3n) is 4.51. The van der Waals surface area contributed by atoms with Crippen LogP contribution in [0.15, 0.2) is 65.9 Å². The number of alkyl halides is 2. The summed E-state index contributed by atoms with van der Waals surface area (Å²) in [7, 11) is 1.65. The van der Waals surface area contributed by atoms with Crippen molar-refractivity contribution in [2.75, 3.05) is 7.05 Å². The SMILES string of the molecule is CN=C(NCc1cc(C)ccc1OC(F)F)NCc1nccn1Cc1ccccc1.I. The highest BCUT2D eigenvalue weighted by atomic mass is 127. The van der Waals surface area contributed by atoms with Crippen molar-refractivity contribution in [3.8, 4) is 5.75 Å². The summed E-state index contributed by atoms with van der Waals surface area (Å²) in [6.45, 7) is 0.513. The fourth-order valence-electron chi connectivity index (χ4n) is 3.05.